The van der Waals surface area contributed by atoms with Crippen LogP contribution in [0.5, 0.6) is 11.5 Å². The second kappa shape index (κ2) is 13.1. The highest BCUT2D eigenvalue weighted by Crippen LogP contribution is 2.45. The molecule has 0 N–H and O–H groups in total. The number of carbonyl (C=O) groups excluding carboxylic acids is 2. The largest absolute Gasteiger partial charge is 0.451 e. The predicted octanol–water partition coefficient (Wildman–Crippen LogP) is 5.83. The van der Waals surface area contributed by atoms with Gasteiger partial charge in [-0.05, 0) is 105 Å². The van der Waals surface area contributed by atoms with Crippen LogP contribution in [0.25, 0.3) is 0 Å². The van der Waals surface area contributed by atoms with Gasteiger partial charge in [-0.2, -0.15) is 0 Å². The van der Waals surface area contributed by atoms with Gasteiger partial charge in [0.2, 0.25) is 0 Å². The molecular formula is C34H49FN6O4. The highest BCUT2D eigenvalue weighted by Gasteiger charge is 2.46. The van der Waals surface area contributed by atoms with E-state index in [-0.39, 0.29) is 40.8 Å². The third kappa shape index (κ3) is 7.68. The zero-order valence-corrected chi connectivity index (χ0v) is 27.9. The van der Waals surface area contributed by atoms with E-state index < -0.39 is 11.4 Å². The van der Waals surface area contributed by atoms with Crippen LogP contribution in [-0.2, 0) is 4.74 Å². The van der Waals surface area contributed by atoms with Crippen molar-refractivity contribution < 1.29 is 23.5 Å². The first-order valence-electron chi connectivity index (χ1n) is 16.3. The molecule has 246 valence electrons. The first-order chi connectivity index (χ1) is 21.2. The summed E-state index contributed by atoms with van der Waals surface area (Å²) >= 11 is 0. The summed E-state index contributed by atoms with van der Waals surface area (Å²) in [7, 11) is 0. The fraction of sp³-hybridized carbons (Fsp3) is 0.647. The molecule has 3 fully saturated rings. The van der Waals surface area contributed by atoms with Crippen LogP contribution >= 0.6 is 0 Å². The topological polar surface area (TPSA) is 91.3 Å². The Balaban J connectivity index is 1.18. The quantitative estimate of drug-likeness (QED) is 0.363. The number of ether oxygens (including phenoxy) is 2. The number of amides is 2. The van der Waals surface area contributed by atoms with E-state index in [0.717, 1.165) is 65.1 Å². The van der Waals surface area contributed by atoms with Gasteiger partial charge in [0.1, 0.15) is 23.5 Å². The van der Waals surface area contributed by atoms with E-state index in [4.69, 9.17) is 9.47 Å². The van der Waals surface area contributed by atoms with Crippen molar-refractivity contribution in [3.05, 3.63) is 42.1 Å². The Bertz CT molecular complexity index is 1350. The van der Waals surface area contributed by atoms with Gasteiger partial charge in [0.25, 0.3) is 5.91 Å². The van der Waals surface area contributed by atoms with Crippen molar-refractivity contribution in [1.82, 2.24) is 24.7 Å². The van der Waals surface area contributed by atoms with Gasteiger partial charge < -0.3 is 29.1 Å². The Labute approximate surface area is 266 Å². The number of rotatable bonds is 8. The number of benzene rings is 1. The lowest BCUT2D eigenvalue weighted by Crippen LogP contribution is -2.61. The summed E-state index contributed by atoms with van der Waals surface area (Å²) in [5.74, 6) is 1.11. The molecule has 11 heteroatoms. The summed E-state index contributed by atoms with van der Waals surface area (Å²) in [6.07, 6.45) is 6.13. The molecule has 0 bridgehead atoms. The Kier molecular flexibility index (Phi) is 9.58. The van der Waals surface area contributed by atoms with Crippen LogP contribution in [0, 0.1) is 17.2 Å². The highest BCUT2D eigenvalue weighted by atomic mass is 19.1. The Morgan fingerprint density at radius 3 is 2.40 bits per heavy atom. The number of halogens is 1. The zero-order chi connectivity index (χ0) is 32.5. The molecule has 1 spiro atoms. The molecule has 1 aromatic carbocycles. The van der Waals surface area contributed by atoms with Crippen LogP contribution in [0.3, 0.4) is 0 Å². The van der Waals surface area contributed by atoms with Gasteiger partial charge in [-0.25, -0.2) is 19.2 Å². The molecule has 0 saturated carbocycles. The van der Waals surface area contributed by atoms with Crippen molar-refractivity contribution in [2.75, 3.05) is 50.7 Å². The molecule has 10 nitrogen and oxygen atoms in total. The van der Waals surface area contributed by atoms with Gasteiger partial charge in [0.15, 0.2) is 11.6 Å². The van der Waals surface area contributed by atoms with Crippen molar-refractivity contribution >= 4 is 17.8 Å². The Hall–Kier alpha value is -3.47. The summed E-state index contributed by atoms with van der Waals surface area (Å²) in [6.45, 7) is 19.8. The fourth-order valence-corrected chi connectivity index (χ4v) is 6.98. The Morgan fingerprint density at radius 2 is 1.76 bits per heavy atom. The van der Waals surface area contributed by atoms with Gasteiger partial charge >= 0.3 is 6.09 Å². The molecule has 3 saturated heterocycles. The van der Waals surface area contributed by atoms with Crippen molar-refractivity contribution in [2.45, 2.75) is 85.4 Å². The second-order valence-electron chi connectivity index (χ2n) is 14.6. The minimum atomic E-state index is -0.493. The molecule has 2 amide bonds. The number of anilines is 1. The minimum Gasteiger partial charge on any atom is -0.451 e. The van der Waals surface area contributed by atoms with Gasteiger partial charge in [-0.3, -0.25) is 4.79 Å². The van der Waals surface area contributed by atoms with E-state index in [0.29, 0.717) is 17.5 Å². The number of likely N-dealkylation sites (tertiary alicyclic amines) is 2. The zero-order valence-electron chi connectivity index (χ0n) is 27.9. The SMILES string of the molecule is CC(C)N(C(=O)c1cc(F)ccc1Oc1cncnc1N1CC2(CCN(C[C@@H]3CCN(C(=O)OC(C)(C)C)C3)CC2)C1)C(C)C. The average Bonchev–Trinajstić information content (AvgIpc) is 3.41. The summed E-state index contributed by atoms with van der Waals surface area (Å²) in [5, 5.41) is 0. The molecule has 3 aliphatic heterocycles. The fourth-order valence-electron chi connectivity index (χ4n) is 6.98. The molecule has 0 aliphatic carbocycles. The molecule has 5 rings (SSSR count). The molecule has 2 aromatic rings. The van der Waals surface area contributed by atoms with Gasteiger partial charge in [-0.1, -0.05) is 0 Å². The lowest BCUT2D eigenvalue weighted by Gasteiger charge is -2.54. The first-order valence-corrected chi connectivity index (χ1v) is 16.3. The van der Waals surface area contributed by atoms with Crippen LogP contribution < -0.4 is 9.64 Å². The first kappa shape index (κ1) is 32.9. The number of hydrogen-bond donors (Lipinski definition) is 0. The molecule has 0 unspecified atom stereocenters. The maximum atomic E-state index is 14.3. The van der Waals surface area contributed by atoms with E-state index in [1.807, 2.05) is 53.4 Å². The molecule has 3 aliphatic rings. The van der Waals surface area contributed by atoms with Crippen LogP contribution in [-0.4, -0.2) is 100 Å². The number of carbonyl (C=O) groups is 2. The second-order valence-corrected chi connectivity index (χ2v) is 14.6. The van der Waals surface area contributed by atoms with Crippen LogP contribution in [0.1, 0.15) is 78.1 Å². The van der Waals surface area contributed by atoms with Crippen molar-refractivity contribution in [3.63, 3.8) is 0 Å². The molecule has 0 radical (unpaired) electrons. The normalized spacial score (nSPS) is 20.1. The van der Waals surface area contributed by atoms with E-state index in [1.54, 1.807) is 11.1 Å². The van der Waals surface area contributed by atoms with Crippen molar-refractivity contribution in [1.29, 1.82) is 0 Å². The maximum absolute atomic E-state index is 14.3. The summed E-state index contributed by atoms with van der Waals surface area (Å²) < 4.78 is 26.2. The van der Waals surface area contributed by atoms with E-state index >= 15 is 0 Å². The molecular weight excluding hydrogens is 575 g/mol. The van der Waals surface area contributed by atoms with Gasteiger partial charge in [0.05, 0.1) is 11.8 Å². The molecule has 1 aromatic heterocycles. The average molecular weight is 625 g/mol. The lowest BCUT2D eigenvalue weighted by atomic mass is 9.72. The van der Waals surface area contributed by atoms with Crippen molar-refractivity contribution in [2.24, 2.45) is 11.3 Å². The summed E-state index contributed by atoms with van der Waals surface area (Å²) in [6, 6.07) is 3.93. The summed E-state index contributed by atoms with van der Waals surface area (Å²) in [5.41, 5.74) is -0.0725. The molecule has 4 heterocycles. The van der Waals surface area contributed by atoms with Gasteiger partial charge in [-0.15, -0.1) is 0 Å². The predicted molar refractivity (Wildman–Crippen MR) is 171 cm³/mol. The molecule has 1 atom stereocenters. The van der Waals surface area contributed by atoms with Crippen LogP contribution in [0.2, 0.25) is 0 Å². The van der Waals surface area contributed by atoms with E-state index in [9.17, 15) is 14.0 Å². The molecule has 45 heavy (non-hydrogen) atoms. The Morgan fingerprint density at radius 1 is 1.07 bits per heavy atom. The number of aromatic nitrogens is 2. The van der Waals surface area contributed by atoms with Crippen LogP contribution in [0.15, 0.2) is 30.7 Å². The number of nitrogens with zero attached hydrogens (tertiary/aromatic N) is 6. The lowest BCUT2D eigenvalue weighted by molar-refractivity contribution is 0.0279. The number of piperidine rings is 1. The van der Waals surface area contributed by atoms with Crippen molar-refractivity contribution in [3.8, 4) is 11.5 Å². The number of hydrogen-bond acceptors (Lipinski definition) is 8. The summed E-state index contributed by atoms with van der Waals surface area (Å²) in [4.78, 5) is 43.1. The standard InChI is InChI=1S/C34H49FN6O4/c1-23(2)41(24(3)4)31(42)27-16-26(35)8-9-28(27)44-29-17-36-22-37-30(29)40-20-34(21-40)11-14-38(15-12-34)18-25-10-13-39(19-25)32(43)45-33(5,6)7/h8-9,16-17,22-25H,10-15,18-21H2,1-7H3/t25-/m0/s1. The smallest absolute Gasteiger partial charge is 0.410 e. The van der Waals surface area contributed by atoms with Gasteiger partial charge in [0, 0.05) is 50.2 Å². The third-order valence-electron chi connectivity index (χ3n) is 9.12. The van der Waals surface area contributed by atoms with E-state index in [1.165, 1.54) is 24.5 Å². The minimum absolute atomic E-state index is 0.0574. The highest BCUT2D eigenvalue weighted by molar-refractivity contribution is 5.97. The van der Waals surface area contributed by atoms with E-state index in [2.05, 4.69) is 19.8 Å². The maximum Gasteiger partial charge on any atom is 0.410 e. The third-order valence-corrected chi connectivity index (χ3v) is 9.12. The van der Waals surface area contributed by atoms with Crippen LogP contribution in [0.4, 0.5) is 15.0 Å². The monoisotopic (exact) mass is 624 g/mol.